The third kappa shape index (κ3) is 6.45. The largest absolute Gasteiger partial charge is 0.381 e. The highest BCUT2D eigenvalue weighted by Gasteiger charge is 2.16. The third-order valence-corrected chi connectivity index (χ3v) is 4.61. The molecule has 1 heterocycles. The lowest BCUT2D eigenvalue weighted by molar-refractivity contribution is 0.0303. The van der Waals surface area contributed by atoms with Gasteiger partial charge in [0.2, 0.25) is 0 Å². The van der Waals surface area contributed by atoms with Crippen molar-refractivity contribution in [2.75, 3.05) is 13.2 Å². The lowest BCUT2D eigenvalue weighted by atomic mass is 9.82. The molecule has 104 valence electrons. The average molecular weight is 242 g/mol. The predicted octanol–water partition coefficient (Wildman–Crippen LogP) is 5.15. The van der Waals surface area contributed by atoms with E-state index in [-0.39, 0.29) is 7.43 Å². The summed E-state index contributed by atoms with van der Waals surface area (Å²) >= 11 is 0. The molecule has 4 atom stereocenters. The predicted molar refractivity (Wildman–Crippen MR) is 77.3 cm³/mol. The fraction of sp³-hybridized carbons (Fsp3) is 1.00. The molecule has 0 aromatic heterocycles. The maximum absolute atomic E-state index is 5.25. The minimum Gasteiger partial charge on any atom is -0.381 e. The molecule has 0 radical (unpaired) electrons. The van der Waals surface area contributed by atoms with Gasteiger partial charge in [0.25, 0.3) is 0 Å². The molecular formula is C16H34O. The van der Waals surface area contributed by atoms with Crippen LogP contribution >= 0.6 is 0 Å². The van der Waals surface area contributed by atoms with Crippen molar-refractivity contribution in [3.8, 4) is 0 Å². The monoisotopic (exact) mass is 242 g/mol. The van der Waals surface area contributed by atoms with Crippen LogP contribution in [0.2, 0.25) is 0 Å². The number of hydrogen-bond acceptors (Lipinski definition) is 1. The van der Waals surface area contributed by atoms with Crippen LogP contribution in [-0.4, -0.2) is 13.2 Å². The van der Waals surface area contributed by atoms with E-state index in [9.17, 15) is 0 Å². The molecule has 17 heavy (non-hydrogen) atoms. The molecule has 2 fully saturated rings. The zero-order valence-electron chi connectivity index (χ0n) is 11.7. The molecule has 0 aromatic carbocycles. The van der Waals surface area contributed by atoms with Gasteiger partial charge in [-0.15, -0.1) is 0 Å². The van der Waals surface area contributed by atoms with Crippen molar-refractivity contribution in [3.63, 3.8) is 0 Å². The Hall–Kier alpha value is -0.0400. The summed E-state index contributed by atoms with van der Waals surface area (Å²) in [4.78, 5) is 0. The molecule has 1 saturated carbocycles. The topological polar surface area (TPSA) is 9.23 Å². The summed E-state index contributed by atoms with van der Waals surface area (Å²) in [6.45, 7) is 11.3. The van der Waals surface area contributed by atoms with Gasteiger partial charge < -0.3 is 4.74 Å². The molecule has 1 heteroatoms. The van der Waals surface area contributed by atoms with Gasteiger partial charge in [0, 0.05) is 13.2 Å². The summed E-state index contributed by atoms with van der Waals surface area (Å²) < 4.78 is 5.25. The lowest BCUT2D eigenvalue weighted by Gasteiger charge is -2.24. The Morgan fingerprint density at radius 2 is 1.18 bits per heavy atom. The summed E-state index contributed by atoms with van der Waals surface area (Å²) in [7, 11) is 0. The second-order valence-electron chi connectivity index (χ2n) is 6.06. The molecule has 0 bridgehead atoms. The average Bonchev–Trinajstić information content (AvgIpc) is 2.28. The van der Waals surface area contributed by atoms with Crippen LogP contribution in [0.3, 0.4) is 0 Å². The normalized spacial score (nSPS) is 37.4. The van der Waals surface area contributed by atoms with Gasteiger partial charge in [-0.3, -0.25) is 0 Å². The Morgan fingerprint density at radius 3 is 1.47 bits per heavy atom. The Morgan fingerprint density at radius 1 is 0.706 bits per heavy atom. The van der Waals surface area contributed by atoms with Crippen LogP contribution in [0.1, 0.15) is 67.2 Å². The van der Waals surface area contributed by atoms with Crippen molar-refractivity contribution in [2.45, 2.75) is 67.2 Å². The van der Waals surface area contributed by atoms with E-state index in [1.807, 2.05) is 0 Å². The fourth-order valence-corrected chi connectivity index (χ4v) is 2.49. The van der Waals surface area contributed by atoms with Crippen LogP contribution < -0.4 is 0 Å². The standard InChI is InChI=1S/C8H16.C7H14O.CH4/c1-7-5-3-4-6-8(7)2;1-6-3-4-8-5-7(6)2;/h7-8H,3-6H2,1-2H3;6-7H,3-5H2,1-2H3;1H4/t7-,8-;6-,7+;/m11./s1. The summed E-state index contributed by atoms with van der Waals surface area (Å²) in [6.07, 6.45) is 7.15. The first-order valence-electron chi connectivity index (χ1n) is 7.19. The van der Waals surface area contributed by atoms with E-state index < -0.39 is 0 Å². The van der Waals surface area contributed by atoms with E-state index in [2.05, 4.69) is 27.7 Å². The van der Waals surface area contributed by atoms with Gasteiger partial charge in [-0.2, -0.15) is 0 Å². The van der Waals surface area contributed by atoms with Crippen molar-refractivity contribution < 1.29 is 4.74 Å². The number of ether oxygens (including phenoxy) is 1. The van der Waals surface area contributed by atoms with Gasteiger partial charge in [0.1, 0.15) is 0 Å². The highest BCUT2D eigenvalue weighted by Crippen LogP contribution is 2.28. The van der Waals surface area contributed by atoms with Gasteiger partial charge in [0.15, 0.2) is 0 Å². The van der Waals surface area contributed by atoms with Crippen molar-refractivity contribution in [2.24, 2.45) is 23.7 Å². The summed E-state index contributed by atoms with van der Waals surface area (Å²) in [6, 6.07) is 0. The molecule has 1 aliphatic carbocycles. The van der Waals surface area contributed by atoms with Gasteiger partial charge in [-0.25, -0.2) is 0 Å². The highest BCUT2D eigenvalue weighted by molar-refractivity contribution is 4.67. The molecule has 2 aliphatic rings. The van der Waals surface area contributed by atoms with E-state index in [1.165, 1.54) is 32.1 Å². The summed E-state index contributed by atoms with van der Waals surface area (Å²) in [5.41, 5.74) is 0. The smallest absolute Gasteiger partial charge is 0.0494 e. The van der Waals surface area contributed by atoms with Crippen molar-refractivity contribution in [3.05, 3.63) is 0 Å². The number of rotatable bonds is 0. The van der Waals surface area contributed by atoms with Gasteiger partial charge in [-0.1, -0.05) is 60.8 Å². The minimum absolute atomic E-state index is 0. The SMILES string of the molecule is C.C[C@@H]1CCCC[C@H]1C.C[C@@H]1CCOC[C@@H]1C. The Balaban J connectivity index is 0.000000284. The minimum atomic E-state index is 0. The van der Waals surface area contributed by atoms with Crippen LogP contribution in [-0.2, 0) is 4.74 Å². The van der Waals surface area contributed by atoms with E-state index in [4.69, 9.17) is 4.74 Å². The molecule has 1 saturated heterocycles. The molecule has 0 aromatic rings. The molecule has 0 N–H and O–H groups in total. The molecule has 0 amide bonds. The molecule has 0 unspecified atom stereocenters. The highest BCUT2D eigenvalue weighted by atomic mass is 16.5. The van der Waals surface area contributed by atoms with Crippen molar-refractivity contribution in [1.82, 2.24) is 0 Å². The van der Waals surface area contributed by atoms with Crippen molar-refractivity contribution >= 4 is 0 Å². The maximum atomic E-state index is 5.25. The van der Waals surface area contributed by atoms with E-state index >= 15 is 0 Å². The molecule has 2 rings (SSSR count). The van der Waals surface area contributed by atoms with E-state index in [0.29, 0.717) is 0 Å². The van der Waals surface area contributed by atoms with Crippen LogP contribution in [0.4, 0.5) is 0 Å². The Labute approximate surface area is 109 Å². The van der Waals surface area contributed by atoms with Gasteiger partial charge >= 0.3 is 0 Å². The molecular weight excluding hydrogens is 208 g/mol. The summed E-state index contributed by atoms with van der Waals surface area (Å²) in [5.74, 6) is 3.67. The lowest BCUT2D eigenvalue weighted by Crippen LogP contribution is -2.22. The Kier molecular flexibility index (Phi) is 8.94. The summed E-state index contributed by atoms with van der Waals surface area (Å²) in [5, 5.41) is 0. The first-order valence-corrected chi connectivity index (χ1v) is 7.19. The van der Waals surface area contributed by atoms with E-state index in [1.54, 1.807) is 0 Å². The first-order chi connectivity index (χ1) is 7.61. The molecule has 1 aliphatic heterocycles. The van der Waals surface area contributed by atoms with E-state index in [0.717, 1.165) is 36.9 Å². The first kappa shape index (κ1) is 17.0. The molecule has 1 nitrogen and oxygen atoms in total. The van der Waals surface area contributed by atoms with Crippen LogP contribution in [0, 0.1) is 23.7 Å². The quantitative estimate of drug-likeness (QED) is 0.571. The third-order valence-electron chi connectivity index (χ3n) is 4.61. The van der Waals surface area contributed by atoms with Crippen molar-refractivity contribution in [1.29, 1.82) is 0 Å². The second-order valence-corrected chi connectivity index (χ2v) is 6.06. The van der Waals surface area contributed by atoms with Crippen LogP contribution in [0.25, 0.3) is 0 Å². The second kappa shape index (κ2) is 8.97. The van der Waals surface area contributed by atoms with Gasteiger partial charge in [-0.05, 0) is 30.1 Å². The van der Waals surface area contributed by atoms with Crippen LogP contribution in [0.15, 0.2) is 0 Å². The maximum Gasteiger partial charge on any atom is 0.0494 e. The zero-order chi connectivity index (χ0) is 12.0. The van der Waals surface area contributed by atoms with Gasteiger partial charge in [0.05, 0.1) is 0 Å². The Bertz CT molecular complexity index is 138. The van der Waals surface area contributed by atoms with Crippen LogP contribution in [0.5, 0.6) is 0 Å². The number of hydrogen-bond donors (Lipinski definition) is 0. The fourth-order valence-electron chi connectivity index (χ4n) is 2.49. The zero-order valence-corrected chi connectivity index (χ0v) is 11.7. The molecule has 0 spiro atoms.